The second-order valence-electron chi connectivity index (χ2n) is 8.84. The Morgan fingerprint density at radius 2 is 1.77 bits per heavy atom. The first-order valence-electron chi connectivity index (χ1n) is 12.3. The SMILES string of the molecule is CCOC(Cc1ccc(OCCN(CCC2CCCC2)C(=O)Nc2ccc(Cl)cc2)cc1)C(=O)O. The number of benzene rings is 2. The van der Waals surface area contributed by atoms with Gasteiger partial charge in [-0.05, 0) is 61.2 Å². The highest BCUT2D eigenvalue weighted by Crippen LogP contribution is 2.27. The number of carboxylic acids is 1. The number of hydrogen-bond acceptors (Lipinski definition) is 4. The van der Waals surface area contributed by atoms with E-state index in [1.54, 1.807) is 36.1 Å². The van der Waals surface area contributed by atoms with Gasteiger partial charge in [0.1, 0.15) is 12.4 Å². The van der Waals surface area contributed by atoms with Crippen LogP contribution in [-0.4, -0.2) is 54.4 Å². The highest BCUT2D eigenvalue weighted by Gasteiger charge is 2.20. The summed E-state index contributed by atoms with van der Waals surface area (Å²) in [5, 5.41) is 12.8. The molecular formula is C27H35ClN2O5. The summed E-state index contributed by atoms with van der Waals surface area (Å²) in [6, 6.07) is 14.2. The first-order valence-corrected chi connectivity index (χ1v) is 12.7. The number of nitrogens with zero attached hydrogens (tertiary/aromatic N) is 1. The number of ether oxygens (including phenoxy) is 2. The molecular weight excluding hydrogens is 468 g/mol. The standard InChI is InChI=1S/C27H35ClN2O5/c1-2-34-25(26(31)32)19-21-7-13-24(14-8-21)35-18-17-30(16-15-20-5-3-4-6-20)27(33)29-23-11-9-22(28)10-12-23/h7-14,20,25H,2-6,15-19H2,1H3,(H,29,33)(H,31,32). The second kappa shape index (κ2) is 14.0. The molecule has 2 aromatic rings. The van der Waals surface area contributed by atoms with Crippen LogP contribution in [0.2, 0.25) is 5.02 Å². The van der Waals surface area contributed by atoms with Crippen LogP contribution in [0.5, 0.6) is 5.75 Å². The van der Waals surface area contributed by atoms with Crippen LogP contribution in [-0.2, 0) is 16.0 Å². The average molecular weight is 503 g/mol. The minimum atomic E-state index is -0.971. The van der Waals surface area contributed by atoms with Crippen molar-refractivity contribution in [1.82, 2.24) is 4.90 Å². The van der Waals surface area contributed by atoms with E-state index in [4.69, 9.17) is 21.1 Å². The maximum absolute atomic E-state index is 13.0. The maximum Gasteiger partial charge on any atom is 0.333 e. The highest BCUT2D eigenvalue weighted by atomic mass is 35.5. The molecule has 1 aliphatic carbocycles. The zero-order valence-corrected chi connectivity index (χ0v) is 21.0. The number of carbonyl (C=O) groups is 2. The molecule has 2 amide bonds. The predicted octanol–water partition coefficient (Wildman–Crippen LogP) is 5.87. The topological polar surface area (TPSA) is 88.1 Å². The number of aliphatic carboxylic acids is 1. The van der Waals surface area contributed by atoms with Crippen molar-refractivity contribution < 1.29 is 24.2 Å². The molecule has 0 saturated heterocycles. The van der Waals surface area contributed by atoms with Crippen molar-refractivity contribution in [2.45, 2.75) is 51.6 Å². The Morgan fingerprint density at radius 3 is 2.40 bits per heavy atom. The Labute approximate surface area is 212 Å². The Hall–Kier alpha value is -2.77. The average Bonchev–Trinajstić information content (AvgIpc) is 3.37. The van der Waals surface area contributed by atoms with E-state index < -0.39 is 12.1 Å². The lowest BCUT2D eigenvalue weighted by atomic mass is 10.0. The summed E-state index contributed by atoms with van der Waals surface area (Å²) in [5.74, 6) is 0.383. The number of urea groups is 1. The Morgan fingerprint density at radius 1 is 1.09 bits per heavy atom. The number of anilines is 1. The van der Waals surface area contributed by atoms with Gasteiger partial charge in [-0.15, -0.1) is 0 Å². The van der Waals surface area contributed by atoms with E-state index >= 15 is 0 Å². The minimum Gasteiger partial charge on any atom is -0.492 e. The van der Waals surface area contributed by atoms with Gasteiger partial charge >= 0.3 is 12.0 Å². The van der Waals surface area contributed by atoms with Crippen molar-refractivity contribution in [3.05, 3.63) is 59.1 Å². The molecule has 3 rings (SSSR count). The number of halogens is 1. The number of nitrogens with one attached hydrogen (secondary N) is 1. The highest BCUT2D eigenvalue weighted by molar-refractivity contribution is 6.30. The smallest absolute Gasteiger partial charge is 0.333 e. The number of carboxylic acid groups (broad SMARTS) is 1. The van der Waals surface area contributed by atoms with Crippen LogP contribution in [0.15, 0.2) is 48.5 Å². The summed E-state index contributed by atoms with van der Waals surface area (Å²) in [5.41, 5.74) is 1.56. The molecule has 2 aromatic carbocycles. The number of amides is 2. The lowest BCUT2D eigenvalue weighted by Gasteiger charge is -2.24. The van der Waals surface area contributed by atoms with Crippen LogP contribution < -0.4 is 10.1 Å². The van der Waals surface area contributed by atoms with E-state index in [1.165, 1.54) is 25.7 Å². The maximum atomic E-state index is 13.0. The molecule has 0 heterocycles. The molecule has 2 N–H and O–H groups in total. The fraction of sp³-hybridized carbons (Fsp3) is 0.481. The summed E-state index contributed by atoms with van der Waals surface area (Å²) in [7, 11) is 0. The van der Waals surface area contributed by atoms with E-state index in [2.05, 4.69) is 5.32 Å². The first-order chi connectivity index (χ1) is 16.9. The predicted molar refractivity (Wildman–Crippen MR) is 137 cm³/mol. The van der Waals surface area contributed by atoms with Crippen molar-refractivity contribution in [2.24, 2.45) is 5.92 Å². The molecule has 0 aliphatic heterocycles. The summed E-state index contributed by atoms with van der Waals surface area (Å²) >= 11 is 5.95. The molecule has 0 aromatic heterocycles. The van der Waals surface area contributed by atoms with E-state index in [-0.39, 0.29) is 6.03 Å². The van der Waals surface area contributed by atoms with Crippen molar-refractivity contribution in [3.8, 4) is 5.75 Å². The van der Waals surface area contributed by atoms with Gasteiger partial charge in [-0.25, -0.2) is 9.59 Å². The largest absolute Gasteiger partial charge is 0.492 e. The molecule has 190 valence electrons. The van der Waals surface area contributed by atoms with Crippen LogP contribution in [0.1, 0.15) is 44.6 Å². The van der Waals surface area contributed by atoms with Gasteiger partial charge in [-0.1, -0.05) is 49.4 Å². The Balaban J connectivity index is 1.53. The van der Waals surface area contributed by atoms with Crippen molar-refractivity contribution >= 4 is 29.3 Å². The molecule has 0 spiro atoms. The molecule has 1 aliphatic rings. The summed E-state index contributed by atoms with van der Waals surface area (Å²) in [6.07, 6.45) is 5.45. The lowest BCUT2D eigenvalue weighted by molar-refractivity contribution is -0.149. The number of hydrogen-bond donors (Lipinski definition) is 2. The van der Waals surface area contributed by atoms with Gasteiger partial charge in [0.25, 0.3) is 0 Å². The first kappa shape index (κ1) is 26.8. The zero-order chi connectivity index (χ0) is 25.0. The molecule has 1 atom stereocenters. The van der Waals surface area contributed by atoms with Gasteiger partial charge in [0.2, 0.25) is 0 Å². The van der Waals surface area contributed by atoms with Crippen LogP contribution in [0.25, 0.3) is 0 Å². The monoisotopic (exact) mass is 502 g/mol. The van der Waals surface area contributed by atoms with Crippen LogP contribution in [0.3, 0.4) is 0 Å². The molecule has 7 nitrogen and oxygen atoms in total. The normalized spacial score (nSPS) is 14.5. The summed E-state index contributed by atoms with van der Waals surface area (Å²) in [4.78, 5) is 26.1. The summed E-state index contributed by atoms with van der Waals surface area (Å²) in [6.45, 7) is 3.62. The second-order valence-corrected chi connectivity index (χ2v) is 9.28. The number of rotatable bonds is 13. The molecule has 1 fully saturated rings. The van der Waals surface area contributed by atoms with Gasteiger partial charge in [0, 0.05) is 30.3 Å². The lowest BCUT2D eigenvalue weighted by Crippen LogP contribution is -2.39. The van der Waals surface area contributed by atoms with Gasteiger partial charge in [0.05, 0.1) is 6.54 Å². The van der Waals surface area contributed by atoms with E-state index in [1.807, 2.05) is 24.3 Å². The molecule has 0 radical (unpaired) electrons. The minimum absolute atomic E-state index is 0.153. The Kier molecular flexibility index (Phi) is 10.7. The van der Waals surface area contributed by atoms with E-state index in [0.29, 0.717) is 55.1 Å². The van der Waals surface area contributed by atoms with Gasteiger partial charge in [0.15, 0.2) is 6.10 Å². The van der Waals surface area contributed by atoms with Crippen molar-refractivity contribution in [2.75, 3.05) is 31.6 Å². The van der Waals surface area contributed by atoms with Crippen molar-refractivity contribution in [3.63, 3.8) is 0 Å². The summed E-state index contributed by atoms with van der Waals surface area (Å²) < 4.78 is 11.2. The van der Waals surface area contributed by atoms with E-state index in [0.717, 1.165) is 12.0 Å². The quantitative estimate of drug-likeness (QED) is 0.358. The third-order valence-electron chi connectivity index (χ3n) is 6.28. The van der Waals surface area contributed by atoms with Crippen LogP contribution in [0, 0.1) is 5.92 Å². The van der Waals surface area contributed by atoms with Crippen LogP contribution in [0.4, 0.5) is 10.5 Å². The fourth-order valence-corrected chi connectivity index (χ4v) is 4.44. The van der Waals surface area contributed by atoms with Gasteiger partial charge < -0.3 is 24.8 Å². The van der Waals surface area contributed by atoms with Crippen molar-refractivity contribution in [1.29, 1.82) is 0 Å². The third kappa shape index (κ3) is 9.07. The molecule has 0 bridgehead atoms. The molecule has 1 unspecified atom stereocenters. The molecule has 8 heteroatoms. The Bertz CT molecular complexity index is 930. The molecule has 35 heavy (non-hydrogen) atoms. The fourth-order valence-electron chi connectivity index (χ4n) is 4.32. The number of carbonyl (C=O) groups excluding carboxylic acids is 1. The van der Waals surface area contributed by atoms with Gasteiger partial charge in [-0.3, -0.25) is 0 Å². The zero-order valence-electron chi connectivity index (χ0n) is 20.2. The third-order valence-corrected chi connectivity index (χ3v) is 6.53. The van der Waals surface area contributed by atoms with E-state index in [9.17, 15) is 14.7 Å². The van der Waals surface area contributed by atoms with Gasteiger partial charge in [-0.2, -0.15) is 0 Å². The van der Waals surface area contributed by atoms with Crippen LogP contribution >= 0.6 is 11.6 Å². The molecule has 1 saturated carbocycles.